The van der Waals surface area contributed by atoms with Gasteiger partial charge in [0, 0.05) is 19.8 Å². The Balaban J connectivity index is 1.88. The van der Waals surface area contributed by atoms with Gasteiger partial charge in [0.25, 0.3) is 0 Å². The van der Waals surface area contributed by atoms with Gasteiger partial charge in [0.05, 0.1) is 0 Å². The van der Waals surface area contributed by atoms with E-state index >= 15 is 0 Å². The third kappa shape index (κ3) is 2.95. The van der Waals surface area contributed by atoms with Crippen molar-refractivity contribution in [2.75, 3.05) is 25.5 Å². The monoisotopic (exact) mass is 219 g/mol. The largest absolute Gasteiger partial charge is 0.373 e. The van der Waals surface area contributed by atoms with Gasteiger partial charge in [-0.1, -0.05) is 13.0 Å². The molecule has 1 aliphatic rings. The van der Waals surface area contributed by atoms with Crippen LogP contribution in [0, 0.1) is 5.92 Å². The van der Waals surface area contributed by atoms with Crippen molar-refractivity contribution in [1.82, 2.24) is 9.88 Å². The molecule has 88 valence electrons. The molecule has 0 unspecified atom stereocenters. The number of pyridine rings is 1. The second-order valence-electron chi connectivity index (χ2n) is 4.76. The predicted molar refractivity (Wildman–Crippen MR) is 67.5 cm³/mol. The molecular weight excluding hydrogens is 198 g/mol. The highest BCUT2D eigenvalue weighted by Crippen LogP contribution is 2.18. The van der Waals surface area contributed by atoms with Crippen LogP contribution in [0.2, 0.25) is 0 Å². The van der Waals surface area contributed by atoms with E-state index < -0.39 is 0 Å². The van der Waals surface area contributed by atoms with E-state index in [-0.39, 0.29) is 0 Å². The zero-order chi connectivity index (χ0) is 11.4. The summed E-state index contributed by atoms with van der Waals surface area (Å²) >= 11 is 0. The summed E-state index contributed by atoms with van der Waals surface area (Å²) in [6.07, 6.45) is 4.65. The van der Waals surface area contributed by atoms with Gasteiger partial charge in [0.15, 0.2) is 0 Å². The Morgan fingerprint density at radius 3 is 2.69 bits per heavy atom. The number of hydrogen-bond acceptors (Lipinski definition) is 3. The van der Waals surface area contributed by atoms with Gasteiger partial charge in [-0.2, -0.15) is 0 Å². The molecule has 1 saturated heterocycles. The second kappa shape index (κ2) is 5.30. The van der Waals surface area contributed by atoms with Crippen LogP contribution in [0.1, 0.15) is 25.3 Å². The molecule has 1 fully saturated rings. The highest BCUT2D eigenvalue weighted by molar-refractivity contribution is 5.34. The molecule has 1 aromatic rings. The zero-order valence-electron chi connectivity index (χ0n) is 10.2. The van der Waals surface area contributed by atoms with Crippen LogP contribution in [0.3, 0.4) is 0 Å². The molecule has 0 atom stereocenters. The van der Waals surface area contributed by atoms with Gasteiger partial charge in [-0.15, -0.1) is 0 Å². The summed E-state index contributed by atoms with van der Waals surface area (Å²) < 4.78 is 0. The average Bonchev–Trinajstić information content (AvgIpc) is 2.33. The first kappa shape index (κ1) is 11.4. The summed E-state index contributed by atoms with van der Waals surface area (Å²) in [4.78, 5) is 6.86. The number of nitrogens with zero attached hydrogens (tertiary/aromatic N) is 2. The second-order valence-corrected chi connectivity index (χ2v) is 4.76. The maximum atomic E-state index is 4.34. The summed E-state index contributed by atoms with van der Waals surface area (Å²) in [5.74, 6) is 1.84. The molecule has 3 nitrogen and oxygen atoms in total. The number of hydrogen-bond donors (Lipinski definition) is 1. The van der Waals surface area contributed by atoms with Crippen molar-refractivity contribution in [1.29, 1.82) is 0 Å². The molecule has 0 spiro atoms. The summed E-state index contributed by atoms with van der Waals surface area (Å²) in [7, 11) is 1.90. The van der Waals surface area contributed by atoms with Gasteiger partial charge in [0.2, 0.25) is 0 Å². The van der Waals surface area contributed by atoms with Gasteiger partial charge >= 0.3 is 0 Å². The first-order valence-electron chi connectivity index (χ1n) is 6.13. The van der Waals surface area contributed by atoms with Gasteiger partial charge < -0.3 is 5.32 Å². The SMILES string of the molecule is CNc1ccc(CN2CCC(C)CC2)cn1. The zero-order valence-corrected chi connectivity index (χ0v) is 10.2. The van der Waals surface area contributed by atoms with E-state index in [0.717, 1.165) is 18.3 Å². The number of nitrogens with one attached hydrogen (secondary N) is 1. The predicted octanol–water partition coefficient (Wildman–Crippen LogP) is 2.36. The number of anilines is 1. The lowest BCUT2D eigenvalue weighted by Crippen LogP contribution is -2.32. The van der Waals surface area contributed by atoms with E-state index in [0.29, 0.717) is 0 Å². The smallest absolute Gasteiger partial charge is 0.125 e. The van der Waals surface area contributed by atoms with E-state index in [1.165, 1.54) is 31.5 Å². The lowest BCUT2D eigenvalue weighted by molar-refractivity contribution is 0.185. The van der Waals surface area contributed by atoms with E-state index in [9.17, 15) is 0 Å². The Morgan fingerprint density at radius 2 is 2.12 bits per heavy atom. The van der Waals surface area contributed by atoms with Crippen molar-refractivity contribution in [2.24, 2.45) is 5.92 Å². The van der Waals surface area contributed by atoms with E-state index in [1.54, 1.807) is 0 Å². The van der Waals surface area contributed by atoms with Crippen LogP contribution >= 0.6 is 0 Å². The molecular formula is C13H21N3. The molecule has 1 aliphatic heterocycles. The highest BCUT2D eigenvalue weighted by Gasteiger charge is 2.15. The van der Waals surface area contributed by atoms with Crippen LogP contribution in [0.5, 0.6) is 0 Å². The van der Waals surface area contributed by atoms with Crippen molar-refractivity contribution < 1.29 is 0 Å². The Hall–Kier alpha value is -1.09. The minimum absolute atomic E-state index is 0.904. The lowest BCUT2D eigenvalue weighted by atomic mass is 9.99. The van der Waals surface area contributed by atoms with Crippen molar-refractivity contribution >= 4 is 5.82 Å². The fraction of sp³-hybridized carbons (Fsp3) is 0.615. The Kier molecular flexibility index (Phi) is 3.78. The summed E-state index contributed by atoms with van der Waals surface area (Å²) in [6, 6.07) is 4.21. The first-order valence-corrected chi connectivity index (χ1v) is 6.13. The third-order valence-electron chi connectivity index (χ3n) is 3.36. The summed E-state index contributed by atoms with van der Waals surface area (Å²) in [5, 5.41) is 3.04. The molecule has 0 bridgehead atoms. The molecule has 2 rings (SSSR count). The van der Waals surface area contributed by atoms with E-state index in [1.807, 2.05) is 19.3 Å². The van der Waals surface area contributed by atoms with Crippen LogP contribution < -0.4 is 5.32 Å². The van der Waals surface area contributed by atoms with Crippen molar-refractivity contribution in [3.8, 4) is 0 Å². The molecule has 0 saturated carbocycles. The number of aromatic nitrogens is 1. The molecule has 1 N–H and O–H groups in total. The molecule has 3 heteroatoms. The maximum absolute atomic E-state index is 4.34. The fourth-order valence-electron chi connectivity index (χ4n) is 2.14. The van der Waals surface area contributed by atoms with E-state index in [2.05, 4.69) is 28.2 Å². The first-order chi connectivity index (χ1) is 7.78. The molecule has 0 aliphatic carbocycles. The van der Waals surface area contributed by atoms with Gasteiger partial charge in [-0.3, -0.25) is 4.90 Å². The van der Waals surface area contributed by atoms with Crippen molar-refractivity contribution in [3.05, 3.63) is 23.9 Å². The van der Waals surface area contributed by atoms with Crippen molar-refractivity contribution in [2.45, 2.75) is 26.3 Å². The standard InChI is InChI=1S/C13H21N3/c1-11-5-7-16(8-6-11)10-12-3-4-13(14-2)15-9-12/h3-4,9,11H,5-8,10H2,1-2H3,(H,14,15). The van der Waals surface area contributed by atoms with Crippen LogP contribution in [-0.4, -0.2) is 30.0 Å². The molecule has 0 aromatic carbocycles. The minimum Gasteiger partial charge on any atom is -0.373 e. The Morgan fingerprint density at radius 1 is 1.38 bits per heavy atom. The number of likely N-dealkylation sites (tertiary alicyclic amines) is 1. The van der Waals surface area contributed by atoms with Crippen molar-refractivity contribution in [3.63, 3.8) is 0 Å². The molecule has 2 heterocycles. The molecule has 0 amide bonds. The number of piperidine rings is 1. The van der Waals surface area contributed by atoms with Crippen LogP contribution in [0.25, 0.3) is 0 Å². The fourth-order valence-corrected chi connectivity index (χ4v) is 2.14. The van der Waals surface area contributed by atoms with Crippen LogP contribution in [0.15, 0.2) is 18.3 Å². The highest BCUT2D eigenvalue weighted by atomic mass is 15.1. The average molecular weight is 219 g/mol. The van der Waals surface area contributed by atoms with E-state index in [4.69, 9.17) is 0 Å². The summed E-state index contributed by atoms with van der Waals surface area (Å²) in [5.41, 5.74) is 1.31. The molecule has 0 radical (unpaired) electrons. The number of rotatable bonds is 3. The molecule has 16 heavy (non-hydrogen) atoms. The Labute approximate surface area is 97.9 Å². The van der Waals surface area contributed by atoms with Gasteiger partial charge in [0.1, 0.15) is 5.82 Å². The molecule has 1 aromatic heterocycles. The lowest BCUT2D eigenvalue weighted by Gasteiger charge is -2.30. The van der Waals surface area contributed by atoms with Gasteiger partial charge in [-0.05, 0) is 43.5 Å². The summed E-state index contributed by atoms with van der Waals surface area (Å²) in [6.45, 7) is 5.86. The van der Waals surface area contributed by atoms with Crippen LogP contribution in [0.4, 0.5) is 5.82 Å². The topological polar surface area (TPSA) is 28.2 Å². The van der Waals surface area contributed by atoms with Gasteiger partial charge in [-0.25, -0.2) is 4.98 Å². The normalized spacial score (nSPS) is 18.6. The maximum Gasteiger partial charge on any atom is 0.125 e. The third-order valence-corrected chi connectivity index (χ3v) is 3.36. The van der Waals surface area contributed by atoms with Crippen LogP contribution in [-0.2, 0) is 6.54 Å². The Bertz CT molecular complexity index is 312. The minimum atomic E-state index is 0.904. The quantitative estimate of drug-likeness (QED) is 0.846.